The first-order valence-corrected chi connectivity index (χ1v) is 6.53. The molecule has 0 radical (unpaired) electrons. The molecule has 1 N–H and O–H groups in total. The van der Waals surface area contributed by atoms with Gasteiger partial charge in [0.15, 0.2) is 0 Å². The molecule has 5 nitrogen and oxygen atoms in total. The van der Waals surface area contributed by atoms with Crippen molar-refractivity contribution in [2.45, 2.75) is 13.8 Å². The van der Waals surface area contributed by atoms with Crippen LogP contribution in [0.4, 0.5) is 4.79 Å². The molecule has 1 unspecified atom stereocenters. The molecular weight excluding hydrogens is 246 g/mol. The molecule has 1 saturated heterocycles. The van der Waals surface area contributed by atoms with E-state index in [2.05, 4.69) is 13.8 Å². The summed E-state index contributed by atoms with van der Waals surface area (Å²) in [5.74, 6) is 0.121. The predicted molar refractivity (Wildman–Crippen MR) is 70.5 cm³/mol. The summed E-state index contributed by atoms with van der Waals surface area (Å²) in [5.41, 5.74) is 0.773. The number of aliphatic hydroxyl groups is 1. The predicted octanol–water partition coefficient (Wildman–Crippen LogP) is 1.54. The van der Waals surface area contributed by atoms with Crippen LogP contribution in [0, 0.1) is 11.3 Å². The van der Waals surface area contributed by atoms with Gasteiger partial charge in [-0.25, -0.2) is 4.79 Å². The number of hydrogen-bond donors (Lipinski definition) is 1. The molecule has 0 aromatic carbocycles. The summed E-state index contributed by atoms with van der Waals surface area (Å²) in [5, 5.41) is 9.15. The van der Waals surface area contributed by atoms with Crippen LogP contribution in [0.3, 0.4) is 0 Å². The lowest BCUT2D eigenvalue weighted by Gasteiger charge is -2.32. The molecule has 1 amide bonds. The zero-order valence-corrected chi connectivity index (χ0v) is 11.5. The molecule has 2 aliphatic rings. The van der Waals surface area contributed by atoms with Crippen molar-refractivity contribution in [2.24, 2.45) is 11.3 Å². The lowest BCUT2D eigenvalue weighted by atomic mass is 9.75. The Kier molecular flexibility index (Phi) is 4.27. The summed E-state index contributed by atoms with van der Waals surface area (Å²) in [6.45, 7) is 6.01. The SMILES string of the molecule is CC1(C)C=C(CO)C=CC1COC(=O)N1CCOC1. The Morgan fingerprint density at radius 2 is 2.42 bits per heavy atom. The monoisotopic (exact) mass is 267 g/mol. The van der Waals surface area contributed by atoms with Crippen molar-refractivity contribution in [1.29, 1.82) is 0 Å². The van der Waals surface area contributed by atoms with Gasteiger partial charge in [-0.1, -0.05) is 32.1 Å². The molecule has 2 rings (SSSR count). The molecular formula is C14H21NO4. The fourth-order valence-corrected chi connectivity index (χ4v) is 2.30. The fraction of sp³-hybridized carbons (Fsp3) is 0.643. The highest BCUT2D eigenvalue weighted by Gasteiger charge is 2.30. The van der Waals surface area contributed by atoms with Gasteiger partial charge in [0, 0.05) is 12.5 Å². The van der Waals surface area contributed by atoms with Crippen LogP contribution in [-0.2, 0) is 9.47 Å². The van der Waals surface area contributed by atoms with E-state index in [1.165, 1.54) is 0 Å². The molecule has 1 fully saturated rings. The van der Waals surface area contributed by atoms with Gasteiger partial charge >= 0.3 is 6.09 Å². The van der Waals surface area contributed by atoms with Gasteiger partial charge in [0.05, 0.1) is 13.2 Å². The number of amides is 1. The van der Waals surface area contributed by atoms with Crippen LogP contribution in [0.5, 0.6) is 0 Å². The molecule has 1 aliphatic carbocycles. The summed E-state index contributed by atoms with van der Waals surface area (Å²) in [6, 6.07) is 0. The molecule has 106 valence electrons. The summed E-state index contributed by atoms with van der Waals surface area (Å²) >= 11 is 0. The van der Waals surface area contributed by atoms with E-state index in [4.69, 9.17) is 14.6 Å². The number of allylic oxidation sites excluding steroid dienone is 1. The Morgan fingerprint density at radius 1 is 1.63 bits per heavy atom. The van der Waals surface area contributed by atoms with Crippen LogP contribution < -0.4 is 0 Å². The minimum absolute atomic E-state index is 0.0392. The summed E-state index contributed by atoms with van der Waals surface area (Å²) < 4.78 is 10.4. The Labute approximate surface area is 113 Å². The van der Waals surface area contributed by atoms with Crippen LogP contribution in [-0.4, -0.2) is 49.2 Å². The fourth-order valence-electron chi connectivity index (χ4n) is 2.30. The molecule has 0 aromatic rings. The highest BCUT2D eigenvalue weighted by molar-refractivity contribution is 5.67. The van der Waals surface area contributed by atoms with Gasteiger partial charge in [0.1, 0.15) is 13.3 Å². The minimum atomic E-state index is -0.321. The van der Waals surface area contributed by atoms with Crippen LogP contribution in [0.25, 0.3) is 0 Å². The average molecular weight is 267 g/mol. The van der Waals surface area contributed by atoms with Gasteiger partial charge in [-0.05, 0) is 11.0 Å². The number of hydrogen-bond acceptors (Lipinski definition) is 4. The van der Waals surface area contributed by atoms with E-state index in [9.17, 15) is 4.79 Å². The third kappa shape index (κ3) is 3.36. The van der Waals surface area contributed by atoms with Gasteiger partial charge in [-0.15, -0.1) is 0 Å². The number of nitrogens with zero attached hydrogens (tertiary/aromatic N) is 1. The molecule has 5 heteroatoms. The molecule has 0 aromatic heterocycles. The van der Waals surface area contributed by atoms with E-state index < -0.39 is 0 Å². The van der Waals surface area contributed by atoms with Crippen LogP contribution in [0.1, 0.15) is 13.8 Å². The number of ether oxygens (including phenoxy) is 2. The van der Waals surface area contributed by atoms with Gasteiger partial charge in [0.2, 0.25) is 0 Å². The highest BCUT2D eigenvalue weighted by atomic mass is 16.6. The Morgan fingerprint density at radius 3 is 3.00 bits per heavy atom. The van der Waals surface area contributed by atoms with E-state index in [-0.39, 0.29) is 24.0 Å². The van der Waals surface area contributed by atoms with Crippen molar-refractivity contribution in [1.82, 2.24) is 4.90 Å². The Bertz CT molecular complexity index is 394. The van der Waals surface area contributed by atoms with Crippen molar-refractivity contribution in [3.63, 3.8) is 0 Å². The van der Waals surface area contributed by atoms with Gasteiger partial charge < -0.3 is 14.6 Å². The molecule has 1 heterocycles. The van der Waals surface area contributed by atoms with Crippen molar-refractivity contribution in [3.8, 4) is 0 Å². The van der Waals surface area contributed by atoms with Gasteiger partial charge in [0.25, 0.3) is 0 Å². The second-order valence-electron chi connectivity index (χ2n) is 5.54. The first kappa shape index (κ1) is 14.1. The summed E-state index contributed by atoms with van der Waals surface area (Å²) in [6.07, 6.45) is 5.60. The number of carbonyl (C=O) groups excluding carboxylic acids is 1. The lowest BCUT2D eigenvalue weighted by Crippen LogP contribution is -2.33. The minimum Gasteiger partial charge on any atom is -0.449 e. The van der Waals surface area contributed by atoms with E-state index in [1.807, 2.05) is 18.2 Å². The largest absolute Gasteiger partial charge is 0.449 e. The second kappa shape index (κ2) is 5.75. The highest BCUT2D eigenvalue weighted by Crippen LogP contribution is 2.34. The quantitative estimate of drug-likeness (QED) is 0.842. The molecule has 19 heavy (non-hydrogen) atoms. The van der Waals surface area contributed by atoms with Gasteiger partial charge in [-0.3, -0.25) is 4.90 Å². The number of aliphatic hydroxyl groups excluding tert-OH is 1. The maximum absolute atomic E-state index is 11.8. The van der Waals surface area contributed by atoms with E-state index in [1.54, 1.807) is 4.90 Å². The summed E-state index contributed by atoms with van der Waals surface area (Å²) in [4.78, 5) is 13.3. The zero-order valence-electron chi connectivity index (χ0n) is 11.5. The van der Waals surface area contributed by atoms with E-state index >= 15 is 0 Å². The molecule has 1 aliphatic heterocycles. The van der Waals surface area contributed by atoms with Crippen molar-refractivity contribution in [3.05, 3.63) is 23.8 Å². The summed E-state index contributed by atoms with van der Waals surface area (Å²) in [7, 11) is 0. The molecule has 1 atom stereocenters. The van der Waals surface area contributed by atoms with Gasteiger partial charge in [-0.2, -0.15) is 0 Å². The molecule has 0 spiro atoms. The maximum atomic E-state index is 11.8. The molecule has 0 bridgehead atoms. The smallest absolute Gasteiger partial charge is 0.411 e. The maximum Gasteiger partial charge on any atom is 0.411 e. The standard InChI is InChI=1S/C14H21NO4/c1-14(2)7-11(8-16)3-4-12(14)9-19-13(17)15-5-6-18-10-15/h3-4,7,12,16H,5-6,8-10H2,1-2H3. The first-order valence-electron chi connectivity index (χ1n) is 6.53. The topological polar surface area (TPSA) is 59.0 Å². The van der Waals surface area contributed by atoms with E-state index in [0.717, 1.165) is 5.57 Å². The third-order valence-corrected chi connectivity index (χ3v) is 3.64. The normalized spacial score (nSPS) is 25.3. The average Bonchev–Trinajstić information content (AvgIpc) is 2.89. The van der Waals surface area contributed by atoms with Crippen molar-refractivity contribution in [2.75, 3.05) is 33.1 Å². The van der Waals surface area contributed by atoms with Crippen molar-refractivity contribution < 1.29 is 19.4 Å². The second-order valence-corrected chi connectivity index (χ2v) is 5.54. The van der Waals surface area contributed by atoms with Crippen molar-refractivity contribution >= 4 is 6.09 Å². The van der Waals surface area contributed by atoms with E-state index in [0.29, 0.717) is 26.5 Å². The third-order valence-electron chi connectivity index (χ3n) is 3.64. The number of carbonyl (C=O) groups is 1. The van der Waals surface area contributed by atoms with Crippen LogP contribution in [0.2, 0.25) is 0 Å². The van der Waals surface area contributed by atoms with Crippen LogP contribution in [0.15, 0.2) is 23.8 Å². The Hall–Kier alpha value is -1.33. The molecule has 0 saturated carbocycles. The number of rotatable bonds is 3. The van der Waals surface area contributed by atoms with Crippen LogP contribution >= 0.6 is 0 Å². The Balaban J connectivity index is 1.88. The zero-order chi connectivity index (χ0) is 13.9. The lowest BCUT2D eigenvalue weighted by molar-refractivity contribution is 0.0691. The first-order chi connectivity index (χ1) is 9.03.